The van der Waals surface area contributed by atoms with Crippen LogP contribution < -0.4 is 0 Å². The molecule has 18 heavy (non-hydrogen) atoms. The molecular weight excluding hydrogens is 255 g/mol. The number of rotatable bonds is 7. The number of benzene rings is 1. The van der Waals surface area contributed by atoms with Gasteiger partial charge in [0.15, 0.2) is 0 Å². The minimum Gasteiger partial charge on any atom is -0.478 e. The number of carboxylic acids is 1. The average Bonchev–Trinajstić information content (AvgIpc) is 2.38. The predicted molar refractivity (Wildman–Crippen MR) is 67.3 cm³/mol. The van der Waals surface area contributed by atoms with Gasteiger partial charge in [0.05, 0.1) is 24.3 Å². The Bertz CT molecular complexity index is 409. The predicted octanol–water partition coefficient (Wildman–Crippen LogP) is 2.59. The van der Waals surface area contributed by atoms with Gasteiger partial charge in [0, 0.05) is 0 Å². The van der Waals surface area contributed by atoms with Crippen LogP contribution in [0.4, 0.5) is 0 Å². The van der Waals surface area contributed by atoms with Crippen molar-refractivity contribution in [2.24, 2.45) is 0 Å². The monoisotopic (exact) mass is 271 g/mol. The molecule has 0 bridgehead atoms. The van der Waals surface area contributed by atoms with Gasteiger partial charge in [-0.15, -0.1) is 0 Å². The Balaban J connectivity index is 3.12. The quantitative estimate of drug-likeness (QED) is 0.609. The van der Waals surface area contributed by atoms with Crippen molar-refractivity contribution in [1.29, 1.82) is 0 Å². The minimum atomic E-state index is -1.31. The molecule has 0 saturated carbocycles. The van der Waals surface area contributed by atoms with Gasteiger partial charge in [-0.25, -0.2) is 4.79 Å². The van der Waals surface area contributed by atoms with Crippen molar-refractivity contribution in [3.63, 3.8) is 0 Å². The maximum absolute atomic E-state index is 11.4. The van der Waals surface area contributed by atoms with E-state index in [4.69, 9.17) is 14.6 Å². The van der Waals surface area contributed by atoms with Crippen molar-refractivity contribution in [2.45, 2.75) is 19.4 Å². The van der Waals surface area contributed by atoms with Crippen LogP contribution in [0.5, 0.6) is 0 Å². The summed E-state index contributed by atoms with van der Waals surface area (Å²) in [6.45, 7) is 4.24. The molecule has 0 aliphatic rings. The number of carbonyl (C=O) groups is 1. The van der Waals surface area contributed by atoms with E-state index in [0.717, 1.165) is 0 Å². The lowest BCUT2D eigenvalue weighted by atomic mass is 10.1. The lowest BCUT2D eigenvalue weighted by Crippen LogP contribution is -2.27. The molecule has 0 aliphatic heterocycles. The second kappa shape index (κ2) is 6.59. The molecule has 1 unspecified atom stereocenters. The van der Waals surface area contributed by atoms with E-state index in [1.165, 1.54) is 12.1 Å². The highest BCUT2D eigenvalue weighted by molar-refractivity contribution is 7.24. The Labute approximate surface area is 107 Å². The maximum atomic E-state index is 11.4. The molecular formula is C12H16O5P+. The number of aromatic carboxylic acids is 1. The van der Waals surface area contributed by atoms with Crippen LogP contribution in [-0.2, 0) is 19.6 Å². The molecule has 1 N–H and O–H groups in total. The summed E-state index contributed by atoms with van der Waals surface area (Å²) >= 11 is 0. The Morgan fingerprint density at radius 2 is 1.72 bits per heavy atom. The maximum Gasteiger partial charge on any atom is 0.400 e. The summed E-state index contributed by atoms with van der Waals surface area (Å²) in [4.78, 5) is 10.8. The first-order valence-corrected chi connectivity index (χ1v) is 6.51. The van der Waals surface area contributed by atoms with Crippen molar-refractivity contribution in [3.05, 3.63) is 35.4 Å². The largest absolute Gasteiger partial charge is 0.478 e. The smallest absolute Gasteiger partial charge is 0.400 e. The molecule has 0 fully saturated rings. The molecule has 98 valence electrons. The van der Waals surface area contributed by atoms with Gasteiger partial charge in [0.25, 0.3) is 0 Å². The molecule has 6 heteroatoms. The third-order valence-electron chi connectivity index (χ3n) is 2.34. The van der Waals surface area contributed by atoms with Gasteiger partial charge < -0.3 is 14.6 Å². The SMILES string of the molecule is CCOC(OCC)([PH+]=O)c1ccc(C(=O)O)cc1. The zero-order valence-corrected chi connectivity index (χ0v) is 11.3. The highest BCUT2D eigenvalue weighted by atomic mass is 31.1. The molecule has 0 aliphatic carbocycles. The molecule has 5 nitrogen and oxygen atoms in total. The summed E-state index contributed by atoms with van der Waals surface area (Å²) in [7, 11) is -0.840. The molecule has 1 atom stereocenters. The van der Waals surface area contributed by atoms with Gasteiger partial charge in [0.2, 0.25) is 0 Å². The molecule has 0 spiro atoms. The summed E-state index contributed by atoms with van der Waals surface area (Å²) in [5, 5.41) is 8.82. The van der Waals surface area contributed by atoms with Gasteiger partial charge in [-0.2, -0.15) is 0 Å². The van der Waals surface area contributed by atoms with Gasteiger partial charge in [-0.05, 0) is 38.1 Å². The summed E-state index contributed by atoms with van der Waals surface area (Å²) in [5.41, 5.74) is -0.597. The van der Waals surface area contributed by atoms with Crippen molar-refractivity contribution >= 4 is 14.4 Å². The standard InChI is InChI=1S/C12H15O5P/c1-3-16-12(18-15,17-4-2)10-7-5-9(6-8-10)11(13)14/h5-8H,3-4H2,1-2H3,(H,13,14)/p+1. The van der Waals surface area contributed by atoms with E-state index < -0.39 is 20.0 Å². The molecule has 0 radical (unpaired) electrons. The van der Waals surface area contributed by atoms with Crippen molar-refractivity contribution < 1.29 is 23.9 Å². The minimum absolute atomic E-state index is 0.162. The zero-order valence-electron chi connectivity index (χ0n) is 10.3. The van der Waals surface area contributed by atoms with Gasteiger partial charge in [-0.1, -0.05) is 4.57 Å². The van der Waals surface area contributed by atoms with Crippen LogP contribution in [0.2, 0.25) is 0 Å². The second-order valence-corrected chi connectivity index (χ2v) is 4.33. The van der Waals surface area contributed by atoms with Crippen LogP contribution in [0.1, 0.15) is 29.8 Å². The molecule has 0 amide bonds. The third kappa shape index (κ3) is 3.13. The van der Waals surface area contributed by atoms with Gasteiger partial charge in [0.1, 0.15) is 0 Å². The van der Waals surface area contributed by atoms with E-state index in [0.29, 0.717) is 18.8 Å². The average molecular weight is 271 g/mol. The summed E-state index contributed by atoms with van der Waals surface area (Å²) < 4.78 is 22.3. The molecule has 0 heterocycles. The van der Waals surface area contributed by atoms with E-state index in [1.54, 1.807) is 26.0 Å². The summed E-state index contributed by atoms with van der Waals surface area (Å²) in [5.74, 6) is -1.01. The van der Waals surface area contributed by atoms with E-state index in [9.17, 15) is 9.36 Å². The van der Waals surface area contributed by atoms with E-state index in [1.807, 2.05) is 0 Å². The highest BCUT2D eigenvalue weighted by Gasteiger charge is 2.43. The molecule has 1 aromatic carbocycles. The highest BCUT2D eigenvalue weighted by Crippen LogP contribution is 2.38. The topological polar surface area (TPSA) is 72.8 Å². The van der Waals surface area contributed by atoms with Crippen LogP contribution in [-0.4, -0.2) is 24.3 Å². The summed E-state index contributed by atoms with van der Waals surface area (Å²) in [6.07, 6.45) is 0. The van der Waals surface area contributed by atoms with Crippen molar-refractivity contribution in [1.82, 2.24) is 0 Å². The Kier molecular flexibility index (Phi) is 5.41. The van der Waals surface area contributed by atoms with Crippen LogP contribution in [0, 0.1) is 0 Å². The van der Waals surface area contributed by atoms with E-state index in [-0.39, 0.29) is 5.56 Å². The lowest BCUT2D eigenvalue weighted by molar-refractivity contribution is -0.176. The van der Waals surface area contributed by atoms with E-state index in [2.05, 4.69) is 0 Å². The van der Waals surface area contributed by atoms with Gasteiger partial charge in [-0.3, -0.25) is 0 Å². The number of carboxylic acid groups (broad SMARTS) is 1. The van der Waals surface area contributed by atoms with Crippen LogP contribution in [0.3, 0.4) is 0 Å². The fraction of sp³-hybridized carbons (Fsp3) is 0.417. The summed E-state index contributed by atoms with van der Waals surface area (Å²) in [6, 6.07) is 5.98. The number of hydrogen-bond donors (Lipinski definition) is 1. The Hall–Kier alpha value is -1.29. The third-order valence-corrected chi connectivity index (χ3v) is 3.19. The van der Waals surface area contributed by atoms with Gasteiger partial charge >= 0.3 is 20.0 Å². The fourth-order valence-corrected chi connectivity index (χ4v) is 2.26. The Morgan fingerprint density at radius 1 is 1.22 bits per heavy atom. The van der Waals surface area contributed by atoms with Crippen molar-refractivity contribution in [2.75, 3.05) is 13.2 Å². The Morgan fingerprint density at radius 3 is 2.06 bits per heavy atom. The molecule has 0 aromatic heterocycles. The normalized spacial score (nSPS) is 11.7. The van der Waals surface area contributed by atoms with Crippen molar-refractivity contribution in [3.8, 4) is 0 Å². The number of ether oxygens (including phenoxy) is 2. The van der Waals surface area contributed by atoms with Crippen LogP contribution in [0.15, 0.2) is 24.3 Å². The fourth-order valence-electron chi connectivity index (χ4n) is 1.56. The second-order valence-electron chi connectivity index (χ2n) is 3.47. The van der Waals surface area contributed by atoms with E-state index >= 15 is 0 Å². The first-order chi connectivity index (χ1) is 8.59. The molecule has 1 aromatic rings. The van der Waals surface area contributed by atoms with Crippen LogP contribution in [0.25, 0.3) is 0 Å². The zero-order chi connectivity index (χ0) is 13.6. The van der Waals surface area contributed by atoms with Crippen LogP contribution >= 0.6 is 8.46 Å². The molecule has 0 saturated heterocycles. The number of hydrogen-bond acceptors (Lipinski definition) is 4. The lowest BCUT2D eigenvalue weighted by Gasteiger charge is -2.20. The first-order valence-electron chi connectivity index (χ1n) is 5.60. The molecule has 1 rings (SSSR count). The first kappa shape index (κ1) is 14.8.